The molecule has 3 aromatic rings. The number of nitrogens with zero attached hydrogens (tertiary/aromatic N) is 1. The Labute approximate surface area is 200 Å². The summed E-state index contributed by atoms with van der Waals surface area (Å²) in [6, 6.07) is 18.6. The van der Waals surface area contributed by atoms with Crippen molar-refractivity contribution < 1.29 is 27.4 Å². The molecule has 0 saturated carbocycles. The molecule has 34 heavy (non-hydrogen) atoms. The number of ether oxygens (including phenoxy) is 3. The summed E-state index contributed by atoms with van der Waals surface area (Å²) in [6.07, 6.45) is 0. The molecule has 0 spiro atoms. The molecule has 0 aromatic heterocycles. The van der Waals surface area contributed by atoms with Gasteiger partial charge in [0.25, 0.3) is 10.0 Å². The minimum absolute atomic E-state index is 0.0197. The van der Waals surface area contributed by atoms with Crippen LogP contribution < -0.4 is 23.8 Å². The molecule has 0 aliphatic carbocycles. The third-order valence-electron chi connectivity index (χ3n) is 5.18. The first-order chi connectivity index (χ1) is 16.3. The van der Waals surface area contributed by atoms with E-state index in [0.29, 0.717) is 17.2 Å². The minimum atomic E-state index is -4.14. The number of carbonyl (C=O) groups excluding carboxylic acids is 1. The highest BCUT2D eigenvalue weighted by molar-refractivity contribution is 7.93. The molecular weight excluding hydrogens is 456 g/mol. The van der Waals surface area contributed by atoms with Crippen LogP contribution in [0, 0.1) is 6.92 Å². The van der Waals surface area contributed by atoms with Crippen molar-refractivity contribution in [2.24, 2.45) is 0 Å². The quantitative estimate of drug-likeness (QED) is 0.473. The van der Waals surface area contributed by atoms with E-state index >= 15 is 0 Å². The van der Waals surface area contributed by atoms with Crippen molar-refractivity contribution in [3.05, 3.63) is 77.9 Å². The molecule has 0 fully saturated rings. The Morgan fingerprint density at radius 1 is 0.853 bits per heavy atom. The second-order valence-corrected chi connectivity index (χ2v) is 9.32. The van der Waals surface area contributed by atoms with Crippen LogP contribution in [0.25, 0.3) is 0 Å². The van der Waals surface area contributed by atoms with E-state index in [1.807, 2.05) is 12.1 Å². The number of sulfonamides is 1. The Hall–Kier alpha value is -3.72. The van der Waals surface area contributed by atoms with Gasteiger partial charge in [-0.05, 0) is 66.6 Å². The fourth-order valence-corrected chi connectivity index (χ4v) is 4.96. The molecular formula is C25H28N2O6S. The normalized spacial score (nSPS) is 10.9. The molecule has 0 aliphatic rings. The number of nitrogens with one attached hydrogen (secondary N) is 1. The molecule has 0 saturated heterocycles. The minimum Gasteiger partial charge on any atom is -0.497 e. The van der Waals surface area contributed by atoms with E-state index in [2.05, 4.69) is 5.32 Å². The van der Waals surface area contributed by atoms with E-state index in [1.165, 1.54) is 20.3 Å². The Bertz CT molecular complexity index is 1230. The third kappa shape index (κ3) is 5.79. The first-order valence-electron chi connectivity index (χ1n) is 10.5. The molecule has 8 nitrogen and oxygen atoms in total. The van der Waals surface area contributed by atoms with Crippen LogP contribution in [0.15, 0.2) is 71.6 Å². The number of hydrogen-bond acceptors (Lipinski definition) is 6. The summed E-state index contributed by atoms with van der Waals surface area (Å²) in [5, 5.41) is 2.78. The van der Waals surface area contributed by atoms with E-state index < -0.39 is 22.5 Å². The summed E-state index contributed by atoms with van der Waals surface area (Å²) >= 11 is 0. The van der Waals surface area contributed by atoms with Gasteiger partial charge in [0.15, 0.2) is 0 Å². The van der Waals surface area contributed by atoms with Gasteiger partial charge in [-0.25, -0.2) is 8.42 Å². The van der Waals surface area contributed by atoms with Crippen molar-refractivity contribution in [2.45, 2.75) is 18.4 Å². The van der Waals surface area contributed by atoms with Gasteiger partial charge in [-0.15, -0.1) is 0 Å². The third-order valence-corrected chi connectivity index (χ3v) is 6.98. The topological polar surface area (TPSA) is 94.2 Å². The van der Waals surface area contributed by atoms with Gasteiger partial charge in [-0.1, -0.05) is 18.2 Å². The Morgan fingerprint density at radius 3 is 2.00 bits per heavy atom. The average molecular weight is 485 g/mol. The lowest BCUT2D eigenvalue weighted by atomic mass is 10.2. The smallest absolute Gasteiger partial charge is 0.268 e. The van der Waals surface area contributed by atoms with E-state index in [0.717, 1.165) is 15.4 Å². The zero-order chi connectivity index (χ0) is 24.7. The fraction of sp³-hybridized carbons (Fsp3) is 0.240. The molecule has 3 aromatic carbocycles. The molecule has 0 heterocycles. The van der Waals surface area contributed by atoms with Crippen molar-refractivity contribution in [1.82, 2.24) is 5.32 Å². The number of carbonyl (C=O) groups is 1. The number of anilines is 1. The van der Waals surface area contributed by atoms with E-state index in [4.69, 9.17) is 14.2 Å². The number of aryl methyl sites for hydroxylation is 1. The van der Waals surface area contributed by atoms with Crippen molar-refractivity contribution in [3.63, 3.8) is 0 Å². The number of rotatable bonds is 10. The lowest BCUT2D eigenvalue weighted by Crippen LogP contribution is -2.40. The Morgan fingerprint density at radius 2 is 1.44 bits per heavy atom. The number of methoxy groups -OCH3 is 3. The SMILES string of the molecule is COc1ccc(CNC(=O)CN(c2ccc(OC)cc2)S(=O)(=O)c2cc(C)ccc2OC)cc1. The highest BCUT2D eigenvalue weighted by Gasteiger charge is 2.30. The maximum atomic E-state index is 13.7. The first-order valence-corrected chi connectivity index (χ1v) is 11.9. The van der Waals surface area contributed by atoms with Crippen LogP contribution in [-0.2, 0) is 21.4 Å². The van der Waals surface area contributed by atoms with Crippen molar-refractivity contribution in [1.29, 1.82) is 0 Å². The predicted octanol–water partition coefficient (Wildman–Crippen LogP) is 3.53. The van der Waals surface area contributed by atoms with E-state index in [1.54, 1.807) is 62.6 Å². The maximum Gasteiger partial charge on any atom is 0.268 e. The van der Waals surface area contributed by atoms with Crippen molar-refractivity contribution in [2.75, 3.05) is 32.2 Å². The summed E-state index contributed by atoms with van der Waals surface area (Å²) in [6.45, 7) is 1.62. The highest BCUT2D eigenvalue weighted by atomic mass is 32.2. The second kappa shape index (κ2) is 10.9. The Balaban J connectivity index is 1.90. The van der Waals surface area contributed by atoms with Crippen molar-refractivity contribution in [3.8, 4) is 17.2 Å². The first kappa shape index (κ1) is 24.9. The zero-order valence-corrected chi connectivity index (χ0v) is 20.4. The Kier molecular flexibility index (Phi) is 8.01. The molecule has 1 amide bonds. The van der Waals surface area contributed by atoms with Crippen LogP contribution >= 0.6 is 0 Å². The van der Waals surface area contributed by atoms with Crippen LogP contribution in [0.2, 0.25) is 0 Å². The summed E-state index contributed by atoms with van der Waals surface area (Å²) in [7, 11) is 0.369. The van der Waals surface area contributed by atoms with Gasteiger partial charge in [0.2, 0.25) is 5.91 Å². The number of benzene rings is 3. The maximum absolute atomic E-state index is 13.7. The molecule has 0 bridgehead atoms. The van der Waals surface area contributed by atoms with Crippen LogP contribution in [-0.4, -0.2) is 42.2 Å². The van der Waals surface area contributed by atoms with Crippen LogP contribution in [0.4, 0.5) is 5.69 Å². The zero-order valence-electron chi connectivity index (χ0n) is 19.6. The van der Waals surface area contributed by atoms with Gasteiger partial charge in [-0.3, -0.25) is 9.10 Å². The van der Waals surface area contributed by atoms with E-state index in [-0.39, 0.29) is 17.2 Å². The molecule has 0 unspecified atom stereocenters. The molecule has 1 N–H and O–H groups in total. The molecule has 3 rings (SSSR count). The molecule has 9 heteroatoms. The number of amides is 1. The van der Waals surface area contributed by atoms with Crippen LogP contribution in [0.5, 0.6) is 17.2 Å². The summed E-state index contributed by atoms with van der Waals surface area (Å²) in [5.74, 6) is 1.02. The predicted molar refractivity (Wildman–Crippen MR) is 130 cm³/mol. The van der Waals surface area contributed by atoms with Gasteiger partial charge in [-0.2, -0.15) is 0 Å². The second-order valence-electron chi connectivity index (χ2n) is 7.49. The van der Waals surface area contributed by atoms with Crippen LogP contribution in [0.1, 0.15) is 11.1 Å². The summed E-state index contributed by atoms with van der Waals surface area (Å²) < 4.78 is 44.1. The largest absolute Gasteiger partial charge is 0.497 e. The molecule has 180 valence electrons. The lowest BCUT2D eigenvalue weighted by Gasteiger charge is -2.25. The summed E-state index contributed by atoms with van der Waals surface area (Å²) in [5.41, 5.74) is 1.93. The van der Waals surface area contributed by atoms with Crippen LogP contribution in [0.3, 0.4) is 0 Å². The van der Waals surface area contributed by atoms with Gasteiger partial charge < -0.3 is 19.5 Å². The lowest BCUT2D eigenvalue weighted by molar-refractivity contribution is -0.119. The van der Waals surface area contributed by atoms with Gasteiger partial charge in [0, 0.05) is 6.54 Å². The summed E-state index contributed by atoms with van der Waals surface area (Å²) in [4.78, 5) is 12.8. The standard InChI is InChI=1S/C25H28N2O6S/c1-18-5-14-23(33-4)24(15-18)34(29,30)27(20-8-12-22(32-3)13-9-20)17-25(28)26-16-19-6-10-21(31-2)11-7-19/h5-15H,16-17H2,1-4H3,(H,26,28). The van der Waals surface area contributed by atoms with Gasteiger partial charge >= 0.3 is 0 Å². The highest BCUT2D eigenvalue weighted by Crippen LogP contribution is 2.31. The number of hydrogen-bond donors (Lipinski definition) is 1. The molecule has 0 atom stereocenters. The molecule has 0 aliphatic heterocycles. The van der Waals surface area contributed by atoms with Gasteiger partial charge in [0.05, 0.1) is 27.0 Å². The van der Waals surface area contributed by atoms with Crippen molar-refractivity contribution >= 4 is 21.6 Å². The average Bonchev–Trinajstić information content (AvgIpc) is 2.86. The van der Waals surface area contributed by atoms with Gasteiger partial charge in [0.1, 0.15) is 28.7 Å². The molecule has 0 radical (unpaired) electrons. The van der Waals surface area contributed by atoms with E-state index in [9.17, 15) is 13.2 Å². The monoisotopic (exact) mass is 484 g/mol. The fourth-order valence-electron chi connectivity index (χ4n) is 3.30.